The lowest BCUT2D eigenvalue weighted by atomic mass is 10.1. The van der Waals surface area contributed by atoms with Crippen molar-refractivity contribution < 1.29 is 18.4 Å². The average Bonchev–Trinajstić information content (AvgIpc) is 2.52. The van der Waals surface area contributed by atoms with E-state index in [1.165, 1.54) is 17.9 Å². The van der Waals surface area contributed by atoms with Crippen LogP contribution >= 0.6 is 0 Å². The Labute approximate surface area is 145 Å². The molecule has 0 radical (unpaired) electrons. The van der Waals surface area contributed by atoms with E-state index >= 15 is 0 Å². The van der Waals surface area contributed by atoms with E-state index in [1.807, 2.05) is 32.0 Å². The number of nitrogens with one attached hydrogen (secondary N) is 1. The van der Waals surface area contributed by atoms with Gasteiger partial charge in [0.15, 0.2) is 0 Å². The van der Waals surface area contributed by atoms with E-state index in [0.29, 0.717) is 5.69 Å². The van der Waals surface area contributed by atoms with Crippen LogP contribution < -0.4 is 10.2 Å². The van der Waals surface area contributed by atoms with Crippen molar-refractivity contribution in [3.63, 3.8) is 0 Å². The SMILES string of the molecule is CC(=O)N(CCC(=O)Nc1c(F)cccc1F)c1ccc(C)cc1C. The first-order valence-electron chi connectivity index (χ1n) is 7.89. The molecule has 0 heterocycles. The summed E-state index contributed by atoms with van der Waals surface area (Å²) in [6.07, 6.45) is -0.0827. The molecule has 0 spiro atoms. The number of amides is 2. The highest BCUT2D eigenvalue weighted by atomic mass is 19.1. The van der Waals surface area contributed by atoms with Gasteiger partial charge >= 0.3 is 0 Å². The molecule has 0 aromatic heterocycles. The van der Waals surface area contributed by atoms with Crippen molar-refractivity contribution in [1.29, 1.82) is 0 Å². The van der Waals surface area contributed by atoms with Gasteiger partial charge in [0.1, 0.15) is 17.3 Å². The summed E-state index contributed by atoms with van der Waals surface area (Å²) < 4.78 is 27.1. The standard InChI is InChI=1S/C19H20F2N2O2/c1-12-7-8-17(13(2)11-12)23(14(3)24)10-9-18(25)22-19-15(20)5-4-6-16(19)21/h4-8,11H,9-10H2,1-3H3,(H,22,25). The molecule has 0 bridgehead atoms. The number of para-hydroxylation sites is 1. The number of anilines is 2. The van der Waals surface area contributed by atoms with Crippen LogP contribution in [0.4, 0.5) is 20.2 Å². The van der Waals surface area contributed by atoms with Gasteiger partial charge in [-0.3, -0.25) is 9.59 Å². The smallest absolute Gasteiger partial charge is 0.226 e. The Morgan fingerprint density at radius 3 is 2.28 bits per heavy atom. The first kappa shape index (κ1) is 18.6. The van der Waals surface area contributed by atoms with Crippen LogP contribution in [0.5, 0.6) is 0 Å². The first-order chi connectivity index (χ1) is 11.8. The van der Waals surface area contributed by atoms with Crippen molar-refractivity contribution in [2.24, 2.45) is 0 Å². The molecule has 0 aliphatic heterocycles. The monoisotopic (exact) mass is 346 g/mol. The second kappa shape index (κ2) is 7.88. The van der Waals surface area contributed by atoms with Crippen molar-refractivity contribution in [1.82, 2.24) is 0 Å². The summed E-state index contributed by atoms with van der Waals surface area (Å²) in [5.41, 5.74) is 2.21. The van der Waals surface area contributed by atoms with Gasteiger partial charge in [-0.1, -0.05) is 23.8 Å². The minimum Gasteiger partial charge on any atom is -0.321 e. The van der Waals surface area contributed by atoms with Gasteiger partial charge in [0.25, 0.3) is 0 Å². The van der Waals surface area contributed by atoms with Crippen molar-refractivity contribution in [3.05, 3.63) is 59.2 Å². The Bertz CT molecular complexity index is 786. The quantitative estimate of drug-likeness (QED) is 0.891. The Morgan fingerprint density at radius 2 is 1.72 bits per heavy atom. The maximum absolute atomic E-state index is 13.6. The first-order valence-corrected chi connectivity index (χ1v) is 7.89. The Kier molecular flexibility index (Phi) is 5.85. The third kappa shape index (κ3) is 4.62. The topological polar surface area (TPSA) is 49.4 Å². The zero-order valence-corrected chi connectivity index (χ0v) is 14.4. The lowest BCUT2D eigenvalue weighted by Crippen LogP contribution is -2.32. The van der Waals surface area contributed by atoms with Crippen LogP contribution in [0.1, 0.15) is 24.5 Å². The van der Waals surface area contributed by atoms with Gasteiger partial charge in [-0.05, 0) is 37.6 Å². The van der Waals surface area contributed by atoms with Gasteiger partial charge in [0, 0.05) is 25.6 Å². The average molecular weight is 346 g/mol. The van der Waals surface area contributed by atoms with Crippen LogP contribution in [-0.2, 0) is 9.59 Å². The maximum atomic E-state index is 13.6. The molecule has 2 amide bonds. The largest absolute Gasteiger partial charge is 0.321 e. The van der Waals surface area contributed by atoms with E-state index in [2.05, 4.69) is 5.32 Å². The number of halogens is 2. The lowest BCUT2D eigenvalue weighted by molar-refractivity contribution is -0.117. The molecule has 2 aromatic rings. The second-order valence-electron chi connectivity index (χ2n) is 5.86. The minimum atomic E-state index is -0.842. The Balaban J connectivity index is 2.08. The summed E-state index contributed by atoms with van der Waals surface area (Å²) in [7, 11) is 0. The van der Waals surface area contributed by atoms with Gasteiger partial charge in [0.05, 0.1) is 0 Å². The van der Waals surface area contributed by atoms with E-state index in [4.69, 9.17) is 0 Å². The zero-order chi connectivity index (χ0) is 18.6. The number of aryl methyl sites for hydroxylation is 2. The molecular weight excluding hydrogens is 326 g/mol. The molecule has 0 saturated carbocycles. The Morgan fingerprint density at radius 1 is 1.08 bits per heavy atom. The maximum Gasteiger partial charge on any atom is 0.226 e. The molecule has 0 fully saturated rings. The van der Waals surface area contributed by atoms with Crippen LogP contribution in [-0.4, -0.2) is 18.4 Å². The third-order valence-corrected chi connectivity index (χ3v) is 3.81. The van der Waals surface area contributed by atoms with Crippen molar-refractivity contribution in [2.45, 2.75) is 27.2 Å². The number of hydrogen-bond acceptors (Lipinski definition) is 2. The molecule has 0 unspecified atom stereocenters. The molecule has 0 atom stereocenters. The van der Waals surface area contributed by atoms with Crippen molar-refractivity contribution >= 4 is 23.2 Å². The number of nitrogens with zero attached hydrogens (tertiary/aromatic N) is 1. The summed E-state index contributed by atoms with van der Waals surface area (Å²) >= 11 is 0. The van der Waals surface area contributed by atoms with Crippen molar-refractivity contribution in [3.8, 4) is 0 Å². The van der Waals surface area contributed by atoms with Crippen LogP contribution in [0.25, 0.3) is 0 Å². The molecule has 1 N–H and O–H groups in total. The number of benzene rings is 2. The van der Waals surface area contributed by atoms with Crippen LogP contribution in [0.15, 0.2) is 36.4 Å². The highest BCUT2D eigenvalue weighted by Crippen LogP contribution is 2.22. The summed E-state index contributed by atoms with van der Waals surface area (Å²) in [4.78, 5) is 25.4. The number of hydrogen-bond donors (Lipinski definition) is 1. The van der Waals surface area contributed by atoms with Crippen LogP contribution in [0, 0.1) is 25.5 Å². The number of rotatable bonds is 5. The summed E-state index contributed by atoms with van der Waals surface area (Å²) in [5, 5.41) is 2.22. The predicted molar refractivity (Wildman–Crippen MR) is 93.5 cm³/mol. The minimum absolute atomic E-state index is 0.0827. The number of carbonyl (C=O) groups is 2. The van der Waals surface area contributed by atoms with Gasteiger partial charge in [0.2, 0.25) is 11.8 Å². The number of carbonyl (C=O) groups excluding carboxylic acids is 2. The van der Waals surface area contributed by atoms with Gasteiger partial charge in [-0.15, -0.1) is 0 Å². The van der Waals surface area contributed by atoms with Gasteiger partial charge in [-0.2, -0.15) is 0 Å². The van der Waals surface area contributed by atoms with E-state index < -0.39 is 23.2 Å². The molecule has 2 rings (SSSR count). The molecule has 25 heavy (non-hydrogen) atoms. The molecule has 2 aromatic carbocycles. The molecule has 0 aliphatic carbocycles. The summed E-state index contributed by atoms with van der Waals surface area (Å²) in [6, 6.07) is 9.00. The van der Waals surface area contributed by atoms with Gasteiger partial charge in [-0.25, -0.2) is 8.78 Å². The fourth-order valence-corrected chi connectivity index (χ4v) is 2.59. The molecule has 4 nitrogen and oxygen atoms in total. The van der Waals surface area contributed by atoms with Crippen LogP contribution in [0.2, 0.25) is 0 Å². The summed E-state index contributed by atoms with van der Waals surface area (Å²) in [6.45, 7) is 5.35. The van der Waals surface area contributed by atoms with E-state index in [1.54, 1.807) is 0 Å². The van der Waals surface area contributed by atoms with E-state index in [9.17, 15) is 18.4 Å². The van der Waals surface area contributed by atoms with E-state index in [-0.39, 0.29) is 18.9 Å². The zero-order valence-electron chi connectivity index (χ0n) is 14.4. The second-order valence-corrected chi connectivity index (χ2v) is 5.86. The fraction of sp³-hybridized carbons (Fsp3) is 0.263. The Hall–Kier alpha value is -2.76. The van der Waals surface area contributed by atoms with Crippen molar-refractivity contribution in [2.75, 3.05) is 16.8 Å². The molecule has 132 valence electrons. The molecule has 0 aliphatic rings. The van der Waals surface area contributed by atoms with E-state index in [0.717, 1.165) is 23.3 Å². The highest BCUT2D eigenvalue weighted by molar-refractivity contribution is 5.95. The molecular formula is C19H20F2N2O2. The normalized spacial score (nSPS) is 10.4. The molecule has 6 heteroatoms. The lowest BCUT2D eigenvalue weighted by Gasteiger charge is -2.23. The van der Waals surface area contributed by atoms with Gasteiger partial charge < -0.3 is 10.2 Å². The predicted octanol–water partition coefficient (Wildman–Crippen LogP) is 3.96. The van der Waals surface area contributed by atoms with Crippen LogP contribution in [0.3, 0.4) is 0 Å². The highest BCUT2D eigenvalue weighted by Gasteiger charge is 2.17. The fourth-order valence-electron chi connectivity index (χ4n) is 2.59. The third-order valence-electron chi connectivity index (χ3n) is 3.81. The summed E-state index contributed by atoms with van der Waals surface area (Å²) in [5.74, 6) is -2.46. The molecule has 0 saturated heterocycles.